The van der Waals surface area contributed by atoms with E-state index in [2.05, 4.69) is 6.58 Å². The van der Waals surface area contributed by atoms with Gasteiger partial charge in [-0.1, -0.05) is 13.5 Å². The van der Waals surface area contributed by atoms with Gasteiger partial charge in [-0.25, -0.2) is 4.79 Å². The van der Waals surface area contributed by atoms with Crippen LogP contribution in [-0.4, -0.2) is 56.8 Å². The standard InChI is InChI=1S/C8H15NO2.C3H8O3S/c1-7(2)8(10)11-6-5-9(3)4;1-2-3-7(4,5)6/h1,5-6H2,2-4H3;2-3H2,1H3,(H,4,5,6). The van der Waals surface area contributed by atoms with Crippen molar-refractivity contribution >= 4 is 16.1 Å². The van der Waals surface area contributed by atoms with E-state index in [9.17, 15) is 13.2 Å². The predicted molar refractivity (Wildman–Crippen MR) is 71.0 cm³/mol. The Morgan fingerprint density at radius 1 is 1.39 bits per heavy atom. The molecular weight excluding hydrogens is 258 g/mol. The third-order valence-electron chi connectivity index (χ3n) is 1.58. The number of esters is 1. The first-order chi connectivity index (χ1) is 8.10. The molecule has 0 aliphatic carbocycles. The number of hydrogen-bond donors (Lipinski definition) is 1. The summed E-state index contributed by atoms with van der Waals surface area (Å²) in [7, 11) is 0.176. The SMILES string of the molecule is C=C(C)C(=O)OCCN(C)C.CCCS(=O)(=O)O. The minimum Gasteiger partial charge on any atom is -0.461 e. The van der Waals surface area contributed by atoms with Crippen LogP contribution in [0.2, 0.25) is 0 Å². The van der Waals surface area contributed by atoms with Gasteiger partial charge in [0.1, 0.15) is 6.61 Å². The highest BCUT2D eigenvalue weighted by Crippen LogP contribution is 1.91. The van der Waals surface area contributed by atoms with Crippen molar-refractivity contribution in [1.82, 2.24) is 4.90 Å². The molecule has 0 heterocycles. The summed E-state index contributed by atoms with van der Waals surface area (Å²) in [5.41, 5.74) is 0.448. The Morgan fingerprint density at radius 2 is 1.89 bits per heavy atom. The molecule has 0 atom stereocenters. The minimum absolute atomic E-state index is 0.132. The molecule has 7 heteroatoms. The zero-order valence-corrected chi connectivity index (χ0v) is 12.3. The van der Waals surface area contributed by atoms with Crippen LogP contribution in [0.1, 0.15) is 20.3 Å². The Morgan fingerprint density at radius 3 is 2.11 bits per heavy atom. The van der Waals surface area contributed by atoms with Crippen LogP contribution in [0.15, 0.2) is 12.2 Å². The third kappa shape index (κ3) is 17.5. The van der Waals surface area contributed by atoms with E-state index >= 15 is 0 Å². The van der Waals surface area contributed by atoms with Gasteiger partial charge < -0.3 is 9.64 Å². The van der Waals surface area contributed by atoms with Gasteiger partial charge in [-0.3, -0.25) is 4.55 Å². The molecule has 0 aliphatic rings. The van der Waals surface area contributed by atoms with Crippen molar-refractivity contribution in [3.63, 3.8) is 0 Å². The topological polar surface area (TPSA) is 83.9 Å². The van der Waals surface area contributed by atoms with Gasteiger partial charge in [-0.15, -0.1) is 0 Å². The second-order valence-electron chi connectivity index (χ2n) is 4.01. The van der Waals surface area contributed by atoms with E-state index in [0.717, 1.165) is 6.54 Å². The van der Waals surface area contributed by atoms with Crippen molar-refractivity contribution in [2.45, 2.75) is 20.3 Å². The molecule has 0 saturated heterocycles. The van der Waals surface area contributed by atoms with Gasteiger partial charge in [-0.05, 0) is 27.4 Å². The molecule has 0 rings (SSSR count). The van der Waals surface area contributed by atoms with E-state index in [1.54, 1.807) is 13.8 Å². The van der Waals surface area contributed by atoms with Crippen molar-refractivity contribution in [2.75, 3.05) is 33.0 Å². The Hall–Kier alpha value is -0.920. The zero-order valence-electron chi connectivity index (χ0n) is 11.5. The number of likely N-dealkylation sites (N-methyl/N-ethyl adjacent to an activating group) is 1. The molecule has 0 fully saturated rings. The van der Waals surface area contributed by atoms with E-state index in [-0.39, 0.29) is 11.7 Å². The van der Waals surface area contributed by atoms with E-state index < -0.39 is 10.1 Å². The predicted octanol–water partition coefficient (Wildman–Crippen LogP) is 0.952. The van der Waals surface area contributed by atoms with Crippen LogP contribution in [0.3, 0.4) is 0 Å². The van der Waals surface area contributed by atoms with Crippen molar-refractivity contribution in [2.24, 2.45) is 0 Å². The van der Waals surface area contributed by atoms with E-state index in [1.807, 2.05) is 19.0 Å². The quantitative estimate of drug-likeness (QED) is 0.443. The second-order valence-corrected chi connectivity index (χ2v) is 5.58. The van der Waals surface area contributed by atoms with Crippen molar-refractivity contribution in [3.8, 4) is 0 Å². The number of carbonyl (C=O) groups is 1. The van der Waals surface area contributed by atoms with Crippen LogP contribution in [0.5, 0.6) is 0 Å². The first-order valence-corrected chi connectivity index (χ1v) is 7.13. The van der Waals surface area contributed by atoms with Crippen LogP contribution in [0, 0.1) is 0 Å². The number of hydrogen-bond acceptors (Lipinski definition) is 5. The lowest BCUT2D eigenvalue weighted by molar-refractivity contribution is -0.139. The second kappa shape index (κ2) is 10.0. The lowest BCUT2D eigenvalue weighted by Gasteiger charge is -2.09. The van der Waals surface area contributed by atoms with Gasteiger partial charge in [0.15, 0.2) is 0 Å². The summed E-state index contributed by atoms with van der Waals surface area (Å²) in [6.07, 6.45) is 0.471. The maximum absolute atomic E-state index is 10.8. The molecule has 0 aromatic heterocycles. The smallest absolute Gasteiger partial charge is 0.333 e. The molecule has 0 saturated carbocycles. The van der Waals surface area contributed by atoms with E-state index in [0.29, 0.717) is 18.6 Å². The summed E-state index contributed by atoms with van der Waals surface area (Å²) in [6.45, 7) is 7.97. The molecule has 0 bridgehead atoms. The lowest BCUT2D eigenvalue weighted by atomic mass is 10.4. The molecule has 0 spiro atoms. The summed E-state index contributed by atoms with van der Waals surface area (Å²) in [5, 5.41) is 0. The molecule has 18 heavy (non-hydrogen) atoms. The Labute approximate surface area is 109 Å². The molecule has 0 radical (unpaired) electrons. The van der Waals surface area contributed by atoms with Crippen LogP contribution in [0.4, 0.5) is 0 Å². The highest BCUT2D eigenvalue weighted by molar-refractivity contribution is 7.85. The number of carbonyl (C=O) groups excluding carboxylic acids is 1. The van der Waals surface area contributed by atoms with Gasteiger partial charge in [-0.2, -0.15) is 8.42 Å². The molecule has 1 N–H and O–H groups in total. The van der Waals surface area contributed by atoms with Gasteiger partial charge in [0, 0.05) is 12.1 Å². The van der Waals surface area contributed by atoms with Crippen LogP contribution in [0.25, 0.3) is 0 Å². The minimum atomic E-state index is -3.67. The average molecular weight is 281 g/mol. The molecule has 0 aliphatic heterocycles. The van der Waals surface area contributed by atoms with Gasteiger partial charge in [0.05, 0.1) is 5.75 Å². The monoisotopic (exact) mass is 281 g/mol. The third-order valence-corrected chi connectivity index (χ3v) is 2.51. The molecule has 0 aromatic rings. The van der Waals surface area contributed by atoms with Gasteiger partial charge >= 0.3 is 5.97 Å². The van der Waals surface area contributed by atoms with Crippen LogP contribution >= 0.6 is 0 Å². The number of nitrogens with zero attached hydrogens (tertiary/aromatic N) is 1. The van der Waals surface area contributed by atoms with E-state index in [1.165, 1.54) is 0 Å². The summed E-state index contributed by atoms with van der Waals surface area (Å²) >= 11 is 0. The van der Waals surface area contributed by atoms with Crippen molar-refractivity contribution < 1.29 is 22.5 Å². The molecule has 0 unspecified atom stereocenters. The lowest BCUT2D eigenvalue weighted by Crippen LogP contribution is -2.20. The number of ether oxygens (including phenoxy) is 1. The first-order valence-electron chi connectivity index (χ1n) is 5.52. The Bertz CT molecular complexity index is 348. The normalized spacial score (nSPS) is 10.6. The fourth-order valence-corrected chi connectivity index (χ4v) is 1.22. The Balaban J connectivity index is 0. The average Bonchev–Trinajstić information content (AvgIpc) is 2.15. The van der Waals surface area contributed by atoms with Crippen LogP contribution < -0.4 is 0 Å². The Kier molecular flexibility index (Phi) is 10.8. The molecule has 108 valence electrons. The van der Waals surface area contributed by atoms with Crippen molar-refractivity contribution in [3.05, 3.63) is 12.2 Å². The highest BCUT2D eigenvalue weighted by atomic mass is 32.2. The summed E-state index contributed by atoms with van der Waals surface area (Å²) in [5.74, 6) is -0.445. The van der Waals surface area contributed by atoms with Gasteiger partial charge in [0.25, 0.3) is 10.1 Å². The largest absolute Gasteiger partial charge is 0.461 e. The maximum Gasteiger partial charge on any atom is 0.333 e. The maximum atomic E-state index is 10.8. The van der Waals surface area contributed by atoms with Gasteiger partial charge in [0.2, 0.25) is 0 Å². The first kappa shape index (κ1) is 19.4. The van der Waals surface area contributed by atoms with E-state index in [4.69, 9.17) is 9.29 Å². The molecule has 0 amide bonds. The summed E-state index contributed by atoms with van der Waals surface area (Å²) < 4.78 is 32.4. The van der Waals surface area contributed by atoms with Crippen LogP contribution in [-0.2, 0) is 19.6 Å². The molecular formula is C11H23NO5S. The fourth-order valence-electron chi connectivity index (χ4n) is 0.702. The molecule has 6 nitrogen and oxygen atoms in total. The van der Waals surface area contributed by atoms with Crippen molar-refractivity contribution in [1.29, 1.82) is 0 Å². The summed E-state index contributed by atoms with van der Waals surface area (Å²) in [6, 6.07) is 0. The fraction of sp³-hybridized carbons (Fsp3) is 0.727. The highest BCUT2D eigenvalue weighted by Gasteiger charge is 2.01. The summed E-state index contributed by atoms with van der Waals surface area (Å²) in [4.78, 5) is 12.7. The zero-order chi connectivity index (χ0) is 14.8. The number of rotatable bonds is 6. The molecule has 0 aromatic carbocycles.